The van der Waals surface area contributed by atoms with Crippen LogP contribution < -0.4 is 0 Å². The lowest BCUT2D eigenvalue weighted by atomic mass is 10.5. The van der Waals surface area contributed by atoms with Gasteiger partial charge in [-0.15, -0.1) is 0 Å². The molecule has 0 radical (unpaired) electrons. The van der Waals surface area contributed by atoms with Crippen molar-refractivity contribution in [3.05, 3.63) is 21.7 Å². The summed E-state index contributed by atoms with van der Waals surface area (Å²) in [5.41, 5.74) is 0. The Bertz CT molecular complexity index is 619. The summed E-state index contributed by atoms with van der Waals surface area (Å²) in [5, 5.41) is 13.0. The normalized spacial score (nSPS) is 11.1. The van der Waals surface area contributed by atoms with Gasteiger partial charge in [-0.1, -0.05) is 23.1 Å². The van der Waals surface area contributed by atoms with Gasteiger partial charge in [-0.3, -0.25) is 4.79 Å². The van der Waals surface area contributed by atoms with E-state index in [1.165, 1.54) is 15.7 Å². The first-order valence-electron chi connectivity index (χ1n) is 5.41. The van der Waals surface area contributed by atoms with Crippen molar-refractivity contribution in [2.24, 2.45) is 0 Å². The molecular weight excluding hydrogens is 290 g/mol. The standard InChI is InChI=1S/C10H11N3O4S2/c1-6(2)17-7(14)5-19-8-9(13(15)16)12-3-4-18-10(12)11-8/h3-4,6H,5H2,1-2H3. The van der Waals surface area contributed by atoms with Crippen LogP contribution in [0.4, 0.5) is 5.82 Å². The van der Waals surface area contributed by atoms with Crippen molar-refractivity contribution in [2.75, 3.05) is 5.75 Å². The average Bonchev–Trinajstić information content (AvgIpc) is 2.83. The van der Waals surface area contributed by atoms with Crippen LogP contribution in [0.25, 0.3) is 4.96 Å². The van der Waals surface area contributed by atoms with E-state index in [0.29, 0.717) is 4.96 Å². The van der Waals surface area contributed by atoms with E-state index in [4.69, 9.17) is 4.74 Å². The molecular formula is C10H11N3O4S2. The Kier molecular flexibility index (Phi) is 4.05. The Morgan fingerprint density at radius 1 is 1.68 bits per heavy atom. The molecule has 0 fully saturated rings. The number of fused-ring (bicyclic) bond motifs is 1. The first-order chi connectivity index (χ1) is 8.99. The van der Waals surface area contributed by atoms with Gasteiger partial charge in [-0.25, -0.2) is 0 Å². The highest BCUT2D eigenvalue weighted by Gasteiger charge is 2.24. The maximum absolute atomic E-state index is 11.4. The van der Waals surface area contributed by atoms with E-state index >= 15 is 0 Å². The zero-order chi connectivity index (χ0) is 14.0. The highest BCUT2D eigenvalue weighted by Crippen LogP contribution is 2.31. The number of rotatable bonds is 5. The van der Waals surface area contributed by atoms with E-state index in [1.54, 1.807) is 25.4 Å². The predicted molar refractivity (Wildman–Crippen MR) is 71.7 cm³/mol. The van der Waals surface area contributed by atoms with Gasteiger partial charge in [0.2, 0.25) is 0 Å². The zero-order valence-corrected chi connectivity index (χ0v) is 11.9. The number of thiazole rings is 1. The van der Waals surface area contributed by atoms with Crippen molar-refractivity contribution in [1.82, 2.24) is 9.38 Å². The maximum atomic E-state index is 11.4. The van der Waals surface area contributed by atoms with Gasteiger partial charge in [0.25, 0.3) is 4.96 Å². The van der Waals surface area contributed by atoms with Gasteiger partial charge in [0, 0.05) is 5.38 Å². The van der Waals surface area contributed by atoms with E-state index in [1.807, 2.05) is 0 Å². The number of carbonyl (C=O) groups excluding carboxylic acids is 1. The molecule has 0 bridgehead atoms. The van der Waals surface area contributed by atoms with Crippen LogP contribution in [-0.4, -0.2) is 32.1 Å². The lowest BCUT2D eigenvalue weighted by molar-refractivity contribution is -0.393. The Morgan fingerprint density at radius 3 is 3.05 bits per heavy atom. The van der Waals surface area contributed by atoms with Crippen LogP contribution in [0, 0.1) is 10.1 Å². The molecule has 0 aromatic carbocycles. The fourth-order valence-electron chi connectivity index (χ4n) is 1.44. The molecule has 7 nitrogen and oxygen atoms in total. The molecule has 0 amide bonds. The predicted octanol–water partition coefficient (Wildman–Crippen LogP) is 2.35. The molecule has 2 aromatic rings. The van der Waals surface area contributed by atoms with Crippen LogP contribution in [0.2, 0.25) is 0 Å². The smallest absolute Gasteiger partial charge is 0.362 e. The number of carbonyl (C=O) groups is 1. The molecule has 0 unspecified atom stereocenters. The molecule has 0 aliphatic carbocycles. The quantitative estimate of drug-likeness (QED) is 0.364. The van der Waals surface area contributed by atoms with Crippen LogP contribution in [0.5, 0.6) is 0 Å². The molecule has 0 aliphatic rings. The second-order valence-corrected chi connectivity index (χ2v) is 5.72. The summed E-state index contributed by atoms with van der Waals surface area (Å²) >= 11 is 2.32. The van der Waals surface area contributed by atoms with Gasteiger partial charge in [-0.2, -0.15) is 9.38 Å². The molecule has 0 atom stereocenters. The van der Waals surface area contributed by atoms with Gasteiger partial charge < -0.3 is 14.9 Å². The fraction of sp³-hybridized carbons (Fsp3) is 0.400. The lowest BCUT2D eigenvalue weighted by Crippen LogP contribution is -2.13. The molecule has 2 aromatic heterocycles. The number of ether oxygens (including phenoxy) is 1. The lowest BCUT2D eigenvalue weighted by Gasteiger charge is -2.06. The van der Waals surface area contributed by atoms with Crippen molar-refractivity contribution in [1.29, 1.82) is 0 Å². The summed E-state index contributed by atoms with van der Waals surface area (Å²) in [7, 11) is 0. The summed E-state index contributed by atoms with van der Waals surface area (Å²) in [5.74, 6) is -0.520. The molecule has 2 heterocycles. The van der Waals surface area contributed by atoms with Crippen LogP contribution in [-0.2, 0) is 9.53 Å². The monoisotopic (exact) mass is 301 g/mol. The molecule has 0 spiro atoms. The van der Waals surface area contributed by atoms with E-state index in [0.717, 1.165) is 11.8 Å². The van der Waals surface area contributed by atoms with Crippen LogP contribution in [0.1, 0.15) is 13.8 Å². The molecule has 19 heavy (non-hydrogen) atoms. The highest BCUT2D eigenvalue weighted by molar-refractivity contribution is 8.00. The van der Waals surface area contributed by atoms with Crippen molar-refractivity contribution < 1.29 is 14.5 Å². The number of thioether (sulfide) groups is 1. The summed E-state index contributed by atoms with van der Waals surface area (Å²) in [4.78, 5) is 26.6. The molecule has 9 heteroatoms. The first kappa shape index (κ1) is 13.8. The average molecular weight is 301 g/mol. The summed E-state index contributed by atoms with van der Waals surface area (Å²) < 4.78 is 6.37. The molecule has 0 N–H and O–H groups in total. The third-order valence-electron chi connectivity index (χ3n) is 2.07. The summed E-state index contributed by atoms with van der Waals surface area (Å²) in [6.07, 6.45) is 1.38. The van der Waals surface area contributed by atoms with Gasteiger partial charge in [0.05, 0.1) is 11.9 Å². The Labute approximate surface area is 116 Å². The second-order valence-electron chi connectivity index (χ2n) is 3.88. The van der Waals surface area contributed by atoms with Crippen molar-refractivity contribution in [3.8, 4) is 0 Å². The summed E-state index contributed by atoms with van der Waals surface area (Å²) in [6, 6.07) is 0. The van der Waals surface area contributed by atoms with Crippen LogP contribution in [0.3, 0.4) is 0 Å². The number of esters is 1. The number of imidazole rings is 1. The minimum Gasteiger partial charge on any atom is -0.462 e. The molecule has 0 aliphatic heterocycles. The number of hydrogen-bond donors (Lipinski definition) is 0. The van der Waals surface area contributed by atoms with E-state index in [2.05, 4.69) is 4.98 Å². The van der Waals surface area contributed by atoms with Gasteiger partial charge in [0.15, 0.2) is 5.03 Å². The minimum absolute atomic E-state index is 0.00382. The Morgan fingerprint density at radius 2 is 2.42 bits per heavy atom. The number of nitrogens with zero attached hydrogens (tertiary/aromatic N) is 3. The van der Waals surface area contributed by atoms with Crippen molar-refractivity contribution in [3.63, 3.8) is 0 Å². The number of aromatic nitrogens is 2. The number of nitro groups is 1. The molecule has 0 saturated heterocycles. The molecule has 102 valence electrons. The van der Waals surface area contributed by atoms with Crippen molar-refractivity contribution >= 4 is 39.8 Å². The fourth-order valence-corrected chi connectivity index (χ4v) is 2.98. The van der Waals surface area contributed by atoms with E-state index in [9.17, 15) is 14.9 Å². The first-order valence-corrected chi connectivity index (χ1v) is 7.27. The number of hydrogen-bond acceptors (Lipinski definition) is 7. The third-order valence-corrected chi connectivity index (χ3v) is 3.76. The van der Waals surface area contributed by atoms with Crippen LogP contribution >= 0.6 is 23.1 Å². The van der Waals surface area contributed by atoms with Gasteiger partial charge in [-0.05, 0) is 18.8 Å². The SMILES string of the molecule is CC(C)OC(=O)CSc1nc2sccn2c1[N+](=O)[O-]. The zero-order valence-electron chi connectivity index (χ0n) is 10.2. The van der Waals surface area contributed by atoms with Crippen molar-refractivity contribution in [2.45, 2.75) is 25.0 Å². The largest absolute Gasteiger partial charge is 0.462 e. The Hall–Kier alpha value is -1.61. The highest BCUT2D eigenvalue weighted by atomic mass is 32.2. The molecule has 2 rings (SSSR count). The Balaban J connectivity index is 2.16. The van der Waals surface area contributed by atoms with Crippen LogP contribution in [0.15, 0.2) is 16.6 Å². The van der Waals surface area contributed by atoms with E-state index < -0.39 is 10.9 Å². The second kappa shape index (κ2) is 5.57. The topological polar surface area (TPSA) is 86.7 Å². The van der Waals surface area contributed by atoms with Gasteiger partial charge >= 0.3 is 11.8 Å². The van der Waals surface area contributed by atoms with Gasteiger partial charge in [0.1, 0.15) is 6.20 Å². The third kappa shape index (κ3) is 3.04. The minimum atomic E-state index is -0.497. The molecule has 0 saturated carbocycles. The summed E-state index contributed by atoms with van der Waals surface area (Å²) in [6.45, 7) is 3.50. The van der Waals surface area contributed by atoms with E-state index in [-0.39, 0.29) is 22.7 Å². The maximum Gasteiger partial charge on any atom is 0.362 e.